The topological polar surface area (TPSA) is 47.9 Å². The first-order valence-electron chi connectivity index (χ1n) is 5.00. The Morgan fingerprint density at radius 2 is 1.71 bits per heavy atom. The summed E-state index contributed by atoms with van der Waals surface area (Å²) in [5.41, 5.74) is -0.383. The minimum Gasteiger partial charge on any atom is -0.394 e. The van der Waals surface area contributed by atoms with Crippen LogP contribution in [0.2, 0.25) is 0 Å². The third-order valence-corrected chi connectivity index (χ3v) is 2.82. The summed E-state index contributed by atoms with van der Waals surface area (Å²) in [7, 11) is 0. The summed E-state index contributed by atoms with van der Waals surface area (Å²) in [6.07, 6.45) is -0.503. The van der Waals surface area contributed by atoms with Crippen LogP contribution in [0.3, 0.4) is 0 Å². The third kappa shape index (κ3) is 1.46. The SMILES string of the molecule is CC1(C)OC2C(CO)OC(C)(C)C2O1. The summed E-state index contributed by atoms with van der Waals surface area (Å²) in [6.45, 7) is 7.67. The fraction of sp³-hybridized carbons (Fsp3) is 1.00. The lowest BCUT2D eigenvalue weighted by Crippen LogP contribution is -2.37. The van der Waals surface area contributed by atoms with Crippen LogP contribution in [0.5, 0.6) is 0 Å². The predicted molar refractivity (Wildman–Crippen MR) is 49.9 cm³/mol. The largest absolute Gasteiger partial charge is 0.394 e. The molecule has 1 N–H and O–H groups in total. The van der Waals surface area contributed by atoms with E-state index < -0.39 is 5.79 Å². The predicted octanol–water partition coefficient (Wildman–Crippen LogP) is 0.676. The first-order chi connectivity index (χ1) is 6.36. The van der Waals surface area contributed by atoms with Gasteiger partial charge in [-0.15, -0.1) is 0 Å². The molecule has 2 heterocycles. The second-order valence-electron chi connectivity index (χ2n) is 4.96. The van der Waals surface area contributed by atoms with E-state index in [2.05, 4.69) is 0 Å². The Balaban J connectivity index is 2.21. The number of rotatable bonds is 1. The minimum atomic E-state index is -0.566. The second kappa shape index (κ2) is 2.92. The fourth-order valence-corrected chi connectivity index (χ4v) is 2.26. The van der Waals surface area contributed by atoms with E-state index in [0.29, 0.717) is 0 Å². The highest BCUT2D eigenvalue weighted by atomic mass is 16.8. The molecule has 82 valence electrons. The molecule has 0 radical (unpaired) electrons. The highest BCUT2D eigenvalue weighted by Crippen LogP contribution is 2.43. The van der Waals surface area contributed by atoms with Gasteiger partial charge in [-0.2, -0.15) is 0 Å². The molecule has 0 aliphatic carbocycles. The lowest BCUT2D eigenvalue weighted by Gasteiger charge is -2.27. The molecule has 0 aromatic carbocycles. The zero-order valence-electron chi connectivity index (χ0n) is 9.11. The van der Waals surface area contributed by atoms with Gasteiger partial charge in [0.1, 0.15) is 18.3 Å². The molecule has 2 fully saturated rings. The smallest absolute Gasteiger partial charge is 0.164 e. The van der Waals surface area contributed by atoms with E-state index >= 15 is 0 Å². The monoisotopic (exact) mass is 202 g/mol. The van der Waals surface area contributed by atoms with Gasteiger partial charge in [0.25, 0.3) is 0 Å². The maximum absolute atomic E-state index is 9.15. The van der Waals surface area contributed by atoms with E-state index in [9.17, 15) is 0 Å². The summed E-state index contributed by atoms with van der Waals surface area (Å²) >= 11 is 0. The molecule has 0 aromatic rings. The van der Waals surface area contributed by atoms with Crippen molar-refractivity contribution in [3.05, 3.63) is 0 Å². The van der Waals surface area contributed by atoms with E-state index in [-0.39, 0.29) is 30.5 Å². The number of aliphatic hydroxyl groups is 1. The molecule has 3 unspecified atom stereocenters. The molecule has 0 bridgehead atoms. The molecule has 2 saturated heterocycles. The number of ether oxygens (including phenoxy) is 3. The Morgan fingerprint density at radius 3 is 2.29 bits per heavy atom. The van der Waals surface area contributed by atoms with Crippen LogP contribution in [0.15, 0.2) is 0 Å². The van der Waals surface area contributed by atoms with Gasteiger partial charge in [0.05, 0.1) is 12.2 Å². The molecule has 0 amide bonds. The first kappa shape index (κ1) is 10.4. The van der Waals surface area contributed by atoms with Crippen LogP contribution in [0.4, 0.5) is 0 Å². The van der Waals surface area contributed by atoms with Crippen LogP contribution in [-0.2, 0) is 14.2 Å². The molecular weight excluding hydrogens is 184 g/mol. The van der Waals surface area contributed by atoms with Crippen molar-refractivity contribution >= 4 is 0 Å². The lowest BCUT2D eigenvalue weighted by molar-refractivity contribution is -0.205. The first-order valence-corrected chi connectivity index (χ1v) is 5.00. The molecule has 2 rings (SSSR count). The molecule has 2 aliphatic heterocycles. The van der Waals surface area contributed by atoms with Gasteiger partial charge in [0.15, 0.2) is 5.79 Å². The van der Waals surface area contributed by atoms with Gasteiger partial charge in [0.2, 0.25) is 0 Å². The second-order valence-corrected chi connectivity index (χ2v) is 4.96. The Labute approximate surface area is 84.1 Å². The molecule has 3 atom stereocenters. The van der Waals surface area contributed by atoms with Gasteiger partial charge in [-0.05, 0) is 27.7 Å². The summed E-state index contributed by atoms with van der Waals surface area (Å²) in [4.78, 5) is 0. The van der Waals surface area contributed by atoms with Gasteiger partial charge in [-0.1, -0.05) is 0 Å². The van der Waals surface area contributed by atoms with Gasteiger partial charge in [-0.25, -0.2) is 0 Å². The summed E-state index contributed by atoms with van der Waals surface area (Å²) in [5.74, 6) is -0.566. The van der Waals surface area contributed by atoms with Gasteiger partial charge in [-0.3, -0.25) is 0 Å². The summed E-state index contributed by atoms with van der Waals surface area (Å²) in [5, 5.41) is 9.15. The van der Waals surface area contributed by atoms with Crippen molar-refractivity contribution in [2.45, 2.75) is 57.4 Å². The molecule has 0 spiro atoms. The highest BCUT2D eigenvalue weighted by molar-refractivity contribution is 5.02. The molecular formula is C10H18O4. The number of aliphatic hydroxyl groups excluding tert-OH is 1. The summed E-state index contributed by atoms with van der Waals surface area (Å²) < 4.78 is 17.1. The van der Waals surface area contributed by atoms with Crippen LogP contribution in [-0.4, -0.2) is 41.4 Å². The molecule has 2 aliphatic rings. The van der Waals surface area contributed by atoms with Gasteiger partial charge in [0, 0.05) is 0 Å². The third-order valence-electron chi connectivity index (χ3n) is 2.82. The Hall–Kier alpha value is -0.160. The van der Waals surface area contributed by atoms with E-state index in [1.165, 1.54) is 0 Å². The quantitative estimate of drug-likeness (QED) is 0.679. The Bertz CT molecular complexity index is 236. The minimum absolute atomic E-state index is 0.0238. The van der Waals surface area contributed by atoms with E-state index in [4.69, 9.17) is 19.3 Å². The Morgan fingerprint density at radius 1 is 1.07 bits per heavy atom. The standard InChI is InChI=1S/C10H18O4/c1-9(2)8-7(6(5-11)12-9)13-10(3,4)14-8/h6-8,11H,5H2,1-4H3. The zero-order chi connectivity index (χ0) is 10.6. The van der Waals surface area contributed by atoms with Crippen LogP contribution < -0.4 is 0 Å². The lowest BCUT2D eigenvalue weighted by atomic mass is 9.99. The number of hydrogen-bond acceptors (Lipinski definition) is 4. The van der Waals surface area contributed by atoms with Crippen molar-refractivity contribution < 1.29 is 19.3 Å². The number of fused-ring (bicyclic) bond motifs is 1. The molecule has 14 heavy (non-hydrogen) atoms. The van der Waals surface area contributed by atoms with Crippen LogP contribution >= 0.6 is 0 Å². The van der Waals surface area contributed by atoms with Crippen molar-refractivity contribution in [1.29, 1.82) is 0 Å². The van der Waals surface area contributed by atoms with Gasteiger partial charge >= 0.3 is 0 Å². The maximum atomic E-state index is 9.15. The van der Waals surface area contributed by atoms with Crippen molar-refractivity contribution in [3.63, 3.8) is 0 Å². The van der Waals surface area contributed by atoms with E-state index in [0.717, 1.165) is 0 Å². The molecule has 0 saturated carbocycles. The normalized spacial score (nSPS) is 43.9. The summed E-state index contributed by atoms with van der Waals surface area (Å²) in [6, 6.07) is 0. The van der Waals surface area contributed by atoms with Crippen molar-refractivity contribution in [1.82, 2.24) is 0 Å². The average Bonchev–Trinajstić information content (AvgIpc) is 2.46. The van der Waals surface area contributed by atoms with Crippen molar-refractivity contribution in [3.8, 4) is 0 Å². The van der Waals surface area contributed by atoms with Crippen LogP contribution in [0.25, 0.3) is 0 Å². The molecule has 4 nitrogen and oxygen atoms in total. The van der Waals surface area contributed by atoms with Crippen molar-refractivity contribution in [2.24, 2.45) is 0 Å². The van der Waals surface area contributed by atoms with Gasteiger partial charge < -0.3 is 19.3 Å². The van der Waals surface area contributed by atoms with E-state index in [1.54, 1.807) is 0 Å². The highest BCUT2D eigenvalue weighted by Gasteiger charge is 2.58. The van der Waals surface area contributed by atoms with Crippen molar-refractivity contribution in [2.75, 3.05) is 6.61 Å². The zero-order valence-corrected chi connectivity index (χ0v) is 9.11. The van der Waals surface area contributed by atoms with E-state index in [1.807, 2.05) is 27.7 Å². The fourth-order valence-electron chi connectivity index (χ4n) is 2.26. The molecule has 4 heteroatoms. The Kier molecular flexibility index (Phi) is 2.16. The average molecular weight is 202 g/mol. The van der Waals surface area contributed by atoms with Crippen LogP contribution in [0, 0.1) is 0 Å². The number of hydrogen-bond donors (Lipinski definition) is 1. The maximum Gasteiger partial charge on any atom is 0.164 e. The molecule has 0 aromatic heterocycles. The van der Waals surface area contributed by atoms with Crippen LogP contribution in [0.1, 0.15) is 27.7 Å².